The summed E-state index contributed by atoms with van der Waals surface area (Å²) >= 11 is 6.10. The molecular weight excluding hydrogens is 447 g/mol. The van der Waals surface area contributed by atoms with Crippen LogP contribution in [0.25, 0.3) is 0 Å². The standard InChI is InChI=1S/C21H15ClF3N5O2/c1-12-3-2-4-17(29-19(31)21(23,24)25)18(12)30-20-27-9-15(10-28-20)32-11-14-7-13(8-26)5-6-16(14)22/h2-7,9-10H,11H2,1H3,(H,29,31)(H,27,28,30). The minimum absolute atomic E-state index is 0.0664. The molecule has 2 N–H and O–H groups in total. The van der Waals surface area contributed by atoms with Crippen LogP contribution in [0.5, 0.6) is 5.75 Å². The Hall–Kier alpha value is -3.84. The largest absolute Gasteiger partial charge is 0.486 e. The Balaban J connectivity index is 1.71. The zero-order chi connectivity index (χ0) is 23.3. The maximum Gasteiger partial charge on any atom is 0.471 e. The molecule has 0 atom stereocenters. The number of benzene rings is 2. The number of aromatic nitrogens is 2. The number of hydrogen-bond acceptors (Lipinski definition) is 6. The smallest absolute Gasteiger partial charge is 0.471 e. The van der Waals surface area contributed by atoms with Gasteiger partial charge in [-0.1, -0.05) is 23.7 Å². The normalized spacial score (nSPS) is 10.9. The SMILES string of the molecule is Cc1cccc(NC(=O)C(F)(F)F)c1Nc1ncc(OCc2cc(C#N)ccc2Cl)cn1. The Morgan fingerprint density at radius 3 is 2.59 bits per heavy atom. The van der Waals surface area contributed by atoms with Crippen molar-refractivity contribution in [1.29, 1.82) is 5.26 Å². The van der Waals surface area contributed by atoms with Gasteiger partial charge in [0, 0.05) is 10.6 Å². The summed E-state index contributed by atoms with van der Waals surface area (Å²) in [7, 11) is 0. The average Bonchev–Trinajstić information content (AvgIpc) is 2.75. The van der Waals surface area contributed by atoms with Crippen molar-refractivity contribution in [3.63, 3.8) is 0 Å². The number of aryl methyl sites for hydroxylation is 1. The fourth-order valence-electron chi connectivity index (χ4n) is 2.61. The van der Waals surface area contributed by atoms with Crippen LogP contribution < -0.4 is 15.4 Å². The van der Waals surface area contributed by atoms with Crippen molar-refractivity contribution in [2.24, 2.45) is 0 Å². The summed E-state index contributed by atoms with van der Waals surface area (Å²) in [5.41, 5.74) is 1.77. The molecule has 2 aromatic carbocycles. The molecule has 0 spiro atoms. The van der Waals surface area contributed by atoms with E-state index in [0.29, 0.717) is 27.5 Å². The molecule has 1 aromatic heterocycles. The van der Waals surface area contributed by atoms with Crippen molar-refractivity contribution in [2.45, 2.75) is 19.7 Å². The van der Waals surface area contributed by atoms with Gasteiger partial charge in [0.05, 0.1) is 35.4 Å². The second-order valence-electron chi connectivity index (χ2n) is 6.52. The number of alkyl halides is 3. The summed E-state index contributed by atoms with van der Waals surface area (Å²) < 4.78 is 43.4. The molecule has 3 aromatic rings. The highest BCUT2D eigenvalue weighted by Crippen LogP contribution is 2.30. The minimum Gasteiger partial charge on any atom is -0.486 e. The molecule has 0 radical (unpaired) electrons. The van der Waals surface area contributed by atoms with Gasteiger partial charge in [0.15, 0.2) is 5.75 Å². The van der Waals surface area contributed by atoms with Crippen LogP contribution in [0.2, 0.25) is 5.02 Å². The Labute approximate surface area is 185 Å². The molecular formula is C21H15ClF3N5O2. The maximum absolute atomic E-state index is 12.6. The Kier molecular flexibility index (Phi) is 6.80. The zero-order valence-electron chi connectivity index (χ0n) is 16.5. The van der Waals surface area contributed by atoms with Crippen molar-refractivity contribution in [1.82, 2.24) is 9.97 Å². The minimum atomic E-state index is -5.02. The van der Waals surface area contributed by atoms with Crippen LogP contribution in [0.4, 0.5) is 30.5 Å². The monoisotopic (exact) mass is 461 g/mol. The summed E-state index contributed by atoms with van der Waals surface area (Å²) in [4.78, 5) is 19.5. The summed E-state index contributed by atoms with van der Waals surface area (Å²) in [5.74, 6) is -1.70. The van der Waals surface area contributed by atoms with E-state index >= 15 is 0 Å². The molecule has 164 valence electrons. The van der Waals surface area contributed by atoms with Gasteiger partial charge in [0.25, 0.3) is 0 Å². The van der Waals surface area contributed by atoms with Gasteiger partial charge in [0.1, 0.15) is 6.61 Å². The number of halogens is 4. The maximum atomic E-state index is 12.6. The highest BCUT2D eigenvalue weighted by atomic mass is 35.5. The van der Waals surface area contributed by atoms with Crippen LogP contribution in [0, 0.1) is 18.3 Å². The van der Waals surface area contributed by atoms with E-state index in [4.69, 9.17) is 21.6 Å². The first-order valence-corrected chi connectivity index (χ1v) is 9.43. The van der Waals surface area contributed by atoms with E-state index < -0.39 is 12.1 Å². The number of nitrogens with zero attached hydrogens (tertiary/aromatic N) is 3. The first-order valence-electron chi connectivity index (χ1n) is 9.05. The number of nitrogens with one attached hydrogen (secondary N) is 2. The molecule has 1 heterocycles. The molecule has 0 unspecified atom stereocenters. The topological polar surface area (TPSA) is 99.9 Å². The fraction of sp³-hybridized carbons (Fsp3) is 0.143. The summed E-state index contributed by atoms with van der Waals surface area (Å²) in [5, 5.41) is 14.1. The van der Waals surface area contributed by atoms with Gasteiger partial charge in [-0.05, 0) is 36.8 Å². The van der Waals surface area contributed by atoms with E-state index in [1.807, 2.05) is 11.4 Å². The lowest BCUT2D eigenvalue weighted by molar-refractivity contribution is -0.167. The summed E-state index contributed by atoms with van der Waals surface area (Å²) in [6.07, 6.45) is -2.29. The third kappa shape index (κ3) is 5.65. The van der Waals surface area contributed by atoms with Gasteiger partial charge in [-0.15, -0.1) is 0 Å². The van der Waals surface area contributed by atoms with Crippen LogP contribution in [-0.2, 0) is 11.4 Å². The third-order valence-electron chi connectivity index (χ3n) is 4.21. The Morgan fingerprint density at radius 2 is 1.94 bits per heavy atom. The molecule has 3 rings (SSSR count). The van der Waals surface area contributed by atoms with Crippen molar-refractivity contribution in [2.75, 3.05) is 10.6 Å². The summed E-state index contributed by atoms with van der Waals surface area (Å²) in [6, 6.07) is 11.3. The van der Waals surface area contributed by atoms with E-state index in [-0.39, 0.29) is 23.9 Å². The van der Waals surface area contributed by atoms with Crippen LogP contribution in [0.1, 0.15) is 16.7 Å². The van der Waals surface area contributed by atoms with Crippen LogP contribution >= 0.6 is 11.6 Å². The quantitative estimate of drug-likeness (QED) is 0.527. The van der Waals surface area contributed by atoms with Crippen LogP contribution in [0.3, 0.4) is 0 Å². The average molecular weight is 462 g/mol. The molecule has 0 aliphatic heterocycles. The van der Waals surface area contributed by atoms with Crippen molar-refractivity contribution < 1.29 is 22.7 Å². The van der Waals surface area contributed by atoms with E-state index in [1.165, 1.54) is 24.5 Å². The highest BCUT2D eigenvalue weighted by Gasteiger charge is 2.39. The van der Waals surface area contributed by atoms with Gasteiger partial charge in [-0.2, -0.15) is 18.4 Å². The van der Waals surface area contributed by atoms with Crippen LogP contribution in [0.15, 0.2) is 48.8 Å². The zero-order valence-corrected chi connectivity index (χ0v) is 17.3. The lowest BCUT2D eigenvalue weighted by atomic mass is 10.1. The van der Waals surface area contributed by atoms with Gasteiger partial charge < -0.3 is 15.4 Å². The lowest BCUT2D eigenvalue weighted by Crippen LogP contribution is -2.30. The van der Waals surface area contributed by atoms with E-state index in [2.05, 4.69) is 15.3 Å². The van der Waals surface area contributed by atoms with Gasteiger partial charge >= 0.3 is 12.1 Å². The molecule has 0 saturated heterocycles. The van der Waals surface area contributed by atoms with Gasteiger partial charge in [-0.3, -0.25) is 4.79 Å². The summed E-state index contributed by atoms with van der Waals surface area (Å²) in [6.45, 7) is 1.73. The number of carbonyl (C=O) groups is 1. The first kappa shape index (κ1) is 22.8. The number of rotatable bonds is 6. The number of para-hydroxylation sites is 1. The molecule has 0 bridgehead atoms. The van der Waals surface area contributed by atoms with Gasteiger partial charge in [0.2, 0.25) is 5.95 Å². The van der Waals surface area contributed by atoms with E-state index in [0.717, 1.165) is 0 Å². The van der Waals surface area contributed by atoms with Gasteiger partial charge in [-0.25, -0.2) is 9.97 Å². The molecule has 0 saturated carbocycles. The Morgan fingerprint density at radius 1 is 1.22 bits per heavy atom. The second kappa shape index (κ2) is 9.53. The molecule has 0 aliphatic carbocycles. The number of hydrogen-bond donors (Lipinski definition) is 2. The first-order chi connectivity index (χ1) is 15.2. The van der Waals surface area contributed by atoms with E-state index in [9.17, 15) is 18.0 Å². The Bertz CT molecular complexity index is 1180. The number of carbonyl (C=O) groups excluding carboxylic acids is 1. The number of ether oxygens (including phenoxy) is 1. The van der Waals surface area contributed by atoms with Crippen molar-refractivity contribution in [3.8, 4) is 11.8 Å². The number of amides is 1. The highest BCUT2D eigenvalue weighted by molar-refractivity contribution is 6.31. The predicted molar refractivity (Wildman–Crippen MR) is 112 cm³/mol. The van der Waals surface area contributed by atoms with Crippen LogP contribution in [-0.4, -0.2) is 22.1 Å². The molecule has 7 nitrogen and oxygen atoms in total. The predicted octanol–water partition coefficient (Wildman–Crippen LogP) is 5.13. The van der Waals surface area contributed by atoms with E-state index in [1.54, 1.807) is 31.2 Å². The number of nitriles is 1. The molecule has 1 amide bonds. The molecule has 0 fully saturated rings. The lowest BCUT2D eigenvalue weighted by Gasteiger charge is -2.15. The molecule has 32 heavy (non-hydrogen) atoms. The molecule has 0 aliphatic rings. The fourth-order valence-corrected chi connectivity index (χ4v) is 2.79. The van der Waals surface area contributed by atoms with Crippen molar-refractivity contribution in [3.05, 3.63) is 70.5 Å². The molecule has 11 heteroatoms. The second-order valence-corrected chi connectivity index (χ2v) is 6.93. The van der Waals surface area contributed by atoms with Crippen molar-refractivity contribution >= 4 is 34.8 Å². The number of anilines is 3. The third-order valence-corrected chi connectivity index (χ3v) is 4.58.